The number of aromatic nitrogens is 3. The summed E-state index contributed by atoms with van der Waals surface area (Å²) in [4.78, 5) is 15.1. The quantitative estimate of drug-likeness (QED) is 0.912. The third kappa shape index (κ3) is 3.71. The lowest BCUT2D eigenvalue weighted by atomic mass is 10.1. The summed E-state index contributed by atoms with van der Waals surface area (Å²) in [5.74, 6) is 0.881. The van der Waals surface area contributed by atoms with Crippen LogP contribution in [0.4, 0.5) is 11.9 Å². The summed E-state index contributed by atoms with van der Waals surface area (Å²) in [5.41, 5.74) is 5.80. The predicted molar refractivity (Wildman–Crippen MR) is 79.9 cm³/mol. The van der Waals surface area contributed by atoms with Crippen LogP contribution in [0, 0.1) is 0 Å². The maximum absolute atomic E-state index is 5.80. The molecule has 1 unspecified atom stereocenters. The SMILES string of the molecule is CCC1CCCCCN1c1nc(N)nc(OC(C)C)n1. The Hall–Kier alpha value is -1.59. The largest absolute Gasteiger partial charge is 0.461 e. The molecule has 1 aliphatic rings. The maximum Gasteiger partial charge on any atom is 0.323 e. The molecule has 1 aliphatic heterocycles. The van der Waals surface area contributed by atoms with Crippen LogP contribution in [0.1, 0.15) is 52.9 Å². The highest BCUT2D eigenvalue weighted by molar-refractivity contribution is 5.37. The predicted octanol–water partition coefficient (Wildman–Crippen LogP) is 2.40. The van der Waals surface area contributed by atoms with Crippen molar-refractivity contribution in [2.45, 2.75) is 65.0 Å². The van der Waals surface area contributed by atoms with Crippen molar-refractivity contribution >= 4 is 11.9 Å². The van der Waals surface area contributed by atoms with Gasteiger partial charge >= 0.3 is 6.01 Å². The summed E-state index contributed by atoms with van der Waals surface area (Å²) in [6.45, 7) is 7.07. The third-order valence-electron chi connectivity index (χ3n) is 3.57. The smallest absolute Gasteiger partial charge is 0.323 e. The molecule has 2 heterocycles. The van der Waals surface area contributed by atoms with Gasteiger partial charge in [0.15, 0.2) is 0 Å². The van der Waals surface area contributed by atoms with E-state index in [-0.39, 0.29) is 12.1 Å². The molecule has 0 radical (unpaired) electrons. The van der Waals surface area contributed by atoms with Crippen LogP contribution in [-0.2, 0) is 0 Å². The standard InChI is InChI=1S/C14H25N5O/c1-4-11-8-6-5-7-9-19(11)13-16-12(15)17-14(18-13)20-10(2)3/h10-11H,4-9H2,1-3H3,(H2,15,16,17,18). The molecule has 0 bridgehead atoms. The zero-order chi connectivity index (χ0) is 14.5. The number of rotatable bonds is 4. The fraction of sp³-hybridized carbons (Fsp3) is 0.786. The van der Waals surface area contributed by atoms with Crippen molar-refractivity contribution in [1.29, 1.82) is 0 Å². The number of nitrogens with two attached hydrogens (primary N) is 1. The first kappa shape index (κ1) is 14.8. The molecule has 20 heavy (non-hydrogen) atoms. The lowest BCUT2D eigenvalue weighted by Crippen LogP contribution is -2.36. The summed E-state index contributed by atoms with van der Waals surface area (Å²) >= 11 is 0. The summed E-state index contributed by atoms with van der Waals surface area (Å²) in [6, 6.07) is 0.799. The number of hydrogen-bond donors (Lipinski definition) is 1. The van der Waals surface area contributed by atoms with Crippen LogP contribution < -0.4 is 15.4 Å². The average molecular weight is 279 g/mol. The van der Waals surface area contributed by atoms with Crippen molar-refractivity contribution in [3.8, 4) is 6.01 Å². The zero-order valence-corrected chi connectivity index (χ0v) is 12.7. The van der Waals surface area contributed by atoms with Gasteiger partial charge in [-0.2, -0.15) is 15.0 Å². The van der Waals surface area contributed by atoms with Gasteiger partial charge < -0.3 is 15.4 Å². The first-order chi connectivity index (χ1) is 9.60. The number of anilines is 2. The molecule has 6 heteroatoms. The van der Waals surface area contributed by atoms with E-state index in [0.29, 0.717) is 18.0 Å². The van der Waals surface area contributed by atoms with Gasteiger partial charge in [-0.3, -0.25) is 0 Å². The van der Waals surface area contributed by atoms with Crippen LogP contribution in [0.3, 0.4) is 0 Å². The van der Waals surface area contributed by atoms with Crippen molar-refractivity contribution < 1.29 is 4.74 Å². The first-order valence-electron chi connectivity index (χ1n) is 7.55. The van der Waals surface area contributed by atoms with E-state index in [4.69, 9.17) is 10.5 Å². The molecule has 1 atom stereocenters. The van der Waals surface area contributed by atoms with E-state index in [1.54, 1.807) is 0 Å². The Bertz CT molecular complexity index is 438. The van der Waals surface area contributed by atoms with Gasteiger partial charge in [0, 0.05) is 12.6 Å². The Morgan fingerprint density at radius 1 is 1.25 bits per heavy atom. The van der Waals surface area contributed by atoms with E-state index in [2.05, 4.69) is 26.8 Å². The van der Waals surface area contributed by atoms with Crippen molar-refractivity contribution in [1.82, 2.24) is 15.0 Å². The van der Waals surface area contributed by atoms with Gasteiger partial charge in [0.1, 0.15) is 0 Å². The molecule has 112 valence electrons. The van der Waals surface area contributed by atoms with Gasteiger partial charge in [0.05, 0.1) is 6.10 Å². The van der Waals surface area contributed by atoms with Crippen LogP contribution in [-0.4, -0.2) is 33.6 Å². The van der Waals surface area contributed by atoms with Gasteiger partial charge in [-0.05, 0) is 33.1 Å². The highest BCUT2D eigenvalue weighted by Crippen LogP contribution is 2.24. The lowest BCUT2D eigenvalue weighted by molar-refractivity contribution is 0.222. The van der Waals surface area contributed by atoms with Gasteiger partial charge in [-0.25, -0.2) is 0 Å². The van der Waals surface area contributed by atoms with Crippen molar-refractivity contribution in [3.63, 3.8) is 0 Å². The molecular weight excluding hydrogens is 254 g/mol. The van der Waals surface area contributed by atoms with Crippen LogP contribution in [0.2, 0.25) is 0 Å². The molecule has 0 spiro atoms. The van der Waals surface area contributed by atoms with Crippen LogP contribution in [0.15, 0.2) is 0 Å². The van der Waals surface area contributed by atoms with E-state index < -0.39 is 0 Å². The molecular formula is C14H25N5O. The second-order valence-corrected chi connectivity index (χ2v) is 5.55. The Labute approximate surface area is 120 Å². The topological polar surface area (TPSA) is 77.2 Å². The summed E-state index contributed by atoms with van der Waals surface area (Å²) in [7, 11) is 0. The Morgan fingerprint density at radius 2 is 2.05 bits per heavy atom. The van der Waals surface area contributed by atoms with Gasteiger partial charge in [0.25, 0.3) is 0 Å². The minimum absolute atomic E-state index is 0.0238. The lowest BCUT2D eigenvalue weighted by Gasteiger charge is -2.29. The molecule has 2 rings (SSSR count). The molecule has 0 amide bonds. The van der Waals surface area contributed by atoms with Crippen molar-refractivity contribution in [2.24, 2.45) is 0 Å². The van der Waals surface area contributed by atoms with E-state index in [9.17, 15) is 0 Å². The molecule has 0 aromatic carbocycles. The molecule has 1 fully saturated rings. The first-order valence-corrected chi connectivity index (χ1v) is 7.55. The van der Waals surface area contributed by atoms with Crippen molar-refractivity contribution in [3.05, 3.63) is 0 Å². The number of nitrogens with zero attached hydrogens (tertiary/aromatic N) is 4. The highest BCUT2D eigenvalue weighted by Gasteiger charge is 2.23. The Balaban J connectivity index is 2.26. The van der Waals surface area contributed by atoms with E-state index in [1.807, 2.05) is 13.8 Å². The summed E-state index contributed by atoms with van der Waals surface area (Å²) < 4.78 is 5.56. The summed E-state index contributed by atoms with van der Waals surface area (Å²) in [5, 5.41) is 0. The van der Waals surface area contributed by atoms with Crippen LogP contribution in [0.5, 0.6) is 6.01 Å². The highest BCUT2D eigenvalue weighted by atomic mass is 16.5. The Morgan fingerprint density at radius 3 is 2.75 bits per heavy atom. The fourth-order valence-electron chi connectivity index (χ4n) is 2.62. The minimum atomic E-state index is 0.0238. The number of nitrogen functional groups attached to an aromatic ring is 1. The molecule has 0 saturated carbocycles. The number of ether oxygens (including phenoxy) is 1. The Kier molecular flexibility index (Phi) is 4.98. The van der Waals surface area contributed by atoms with Crippen LogP contribution in [0.25, 0.3) is 0 Å². The molecule has 0 aliphatic carbocycles. The van der Waals surface area contributed by atoms with Gasteiger partial charge in [0.2, 0.25) is 11.9 Å². The molecule has 1 aromatic rings. The van der Waals surface area contributed by atoms with E-state index >= 15 is 0 Å². The van der Waals surface area contributed by atoms with Crippen LogP contribution >= 0.6 is 0 Å². The summed E-state index contributed by atoms with van der Waals surface area (Å²) in [6.07, 6.45) is 6.00. The van der Waals surface area contributed by atoms with E-state index in [1.165, 1.54) is 25.7 Å². The molecule has 2 N–H and O–H groups in total. The zero-order valence-electron chi connectivity index (χ0n) is 12.7. The van der Waals surface area contributed by atoms with Gasteiger partial charge in [-0.1, -0.05) is 19.8 Å². The molecule has 6 nitrogen and oxygen atoms in total. The number of hydrogen-bond acceptors (Lipinski definition) is 6. The second-order valence-electron chi connectivity index (χ2n) is 5.55. The van der Waals surface area contributed by atoms with Crippen molar-refractivity contribution in [2.75, 3.05) is 17.2 Å². The molecule has 1 aromatic heterocycles. The maximum atomic E-state index is 5.80. The fourth-order valence-corrected chi connectivity index (χ4v) is 2.62. The monoisotopic (exact) mass is 279 g/mol. The average Bonchev–Trinajstić information content (AvgIpc) is 2.61. The second kappa shape index (κ2) is 6.72. The normalized spacial score (nSPS) is 20.0. The van der Waals surface area contributed by atoms with E-state index in [0.717, 1.165) is 13.0 Å². The molecule has 1 saturated heterocycles. The third-order valence-corrected chi connectivity index (χ3v) is 3.57. The minimum Gasteiger partial charge on any atom is -0.461 e. The van der Waals surface area contributed by atoms with Gasteiger partial charge in [-0.15, -0.1) is 0 Å².